The summed E-state index contributed by atoms with van der Waals surface area (Å²) >= 11 is 0. The SMILES string of the molecule is CN(C)c1cc(CNC2CCCCC2)c(O)c2c1CC1CC3CC(=O)C(C(N)=O)=C(O)C3(O)C(=O)C1=C2O. The number of hydrogen-bond donors (Lipinski definition) is 6. The highest BCUT2D eigenvalue weighted by molar-refractivity contribution is 6.22. The molecule has 0 spiro atoms. The quantitative estimate of drug-likeness (QED) is 0.314. The number of nitrogens with two attached hydrogens (primary N) is 1. The molecule has 1 amide bonds. The Hall–Kier alpha value is -3.37. The van der Waals surface area contributed by atoms with Crippen LogP contribution in [-0.2, 0) is 27.3 Å². The highest BCUT2D eigenvalue weighted by Crippen LogP contribution is 2.53. The predicted molar refractivity (Wildman–Crippen MR) is 139 cm³/mol. The summed E-state index contributed by atoms with van der Waals surface area (Å²) in [5.74, 6) is -6.15. The third-order valence-corrected chi connectivity index (χ3v) is 8.79. The molecule has 5 rings (SSSR count). The molecule has 0 aromatic heterocycles. The van der Waals surface area contributed by atoms with E-state index in [1.165, 1.54) is 6.42 Å². The average molecular weight is 526 g/mol. The van der Waals surface area contributed by atoms with Gasteiger partial charge in [0, 0.05) is 55.8 Å². The lowest BCUT2D eigenvalue weighted by atomic mass is 9.59. The first-order valence-corrected chi connectivity index (χ1v) is 13.2. The smallest absolute Gasteiger partial charge is 0.255 e. The van der Waals surface area contributed by atoms with E-state index in [0.29, 0.717) is 23.7 Å². The fraction of sp³-hybridized carbons (Fsp3) is 0.536. The van der Waals surface area contributed by atoms with E-state index in [2.05, 4.69) is 5.32 Å². The first kappa shape index (κ1) is 26.2. The largest absolute Gasteiger partial charge is 0.508 e. The molecule has 38 heavy (non-hydrogen) atoms. The number of carbonyl (C=O) groups is 3. The number of primary amides is 1. The number of anilines is 1. The van der Waals surface area contributed by atoms with Gasteiger partial charge in [0.2, 0.25) is 5.78 Å². The summed E-state index contributed by atoms with van der Waals surface area (Å²) in [6, 6.07) is 2.23. The zero-order chi connectivity index (χ0) is 27.5. The van der Waals surface area contributed by atoms with Gasteiger partial charge in [0.15, 0.2) is 11.4 Å². The van der Waals surface area contributed by atoms with Gasteiger partial charge in [0.05, 0.1) is 5.56 Å². The molecule has 1 aromatic carbocycles. The van der Waals surface area contributed by atoms with E-state index < -0.39 is 52.0 Å². The number of aliphatic hydroxyl groups is 3. The summed E-state index contributed by atoms with van der Waals surface area (Å²) in [6.07, 6.45) is 5.71. The number of hydrogen-bond acceptors (Lipinski definition) is 9. The van der Waals surface area contributed by atoms with Crippen LogP contribution in [0.2, 0.25) is 0 Å². The number of aromatic hydroxyl groups is 1. The zero-order valence-electron chi connectivity index (χ0n) is 21.7. The van der Waals surface area contributed by atoms with E-state index in [-0.39, 0.29) is 36.1 Å². The lowest BCUT2D eigenvalue weighted by Gasteiger charge is -2.46. The number of rotatable bonds is 5. The maximum absolute atomic E-state index is 13.7. The minimum Gasteiger partial charge on any atom is -0.508 e. The lowest BCUT2D eigenvalue weighted by Crippen LogP contribution is -2.58. The maximum Gasteiger partial charge on any atom is 0.255 e. The van der Waals surface area contributed by atoms with Gasteiger partial charge >= 0.3 is 0 Å². The van der Waals surface area contributed by atoms with E-state index in [1.54, 1.807) is 0 Å². The minimum absolute atomic E-state index is 0.113. The second kappa shape index (κ2) is 9.43. The van der Waals surface area contributed by atoms with Crippen LogP contribution in [0.15, 0.2) is 23.0 Å². The second-order valence-electron chi connectivity index (χ2n) is 11.3. The molecule has 0 saturated heterocycles. The highest BCUT2D eigenvalue weighted by atomic mass is 16.3. The molecule has 0 bridgehead atoms. The molecule has 0 aliphatic heterocycles. The second-order valence-corrected chi connectivity index (χ2v) is 11.3. The Morgan fingerprint density at radius 1 is 1.13 bits per heavy atom. The van der Waals surface area contributed by atoms with Gasteiger partial charge in [0.25, 0.3) is 5.91 Å². The molecule has 3 unspecified atom stereocenters. The van der Waals surface area contributed by atoms with E-state index in [1.807, 2.05) is 25.1 Å². The van der Waals surface area contributed by atoms with Crippen molar-refractivity contribution in [3.05, 3.63) is 39.7 Å². The van der Waals surface area contributed by atoms with Crippen LogP contribution in [0.1, 0.15) is 61.6 Å². The van der Waals surface area contributed by atoms with Crippen LogP contribution in [-0.4, -0.2) is 63.6 Å². The Balaban J connectivity index is 1.61. The number of ketones is 2. The van der Waals surface area contributed by atoms with Crippen LogP contribution < -0.4 is 16.0 Å². The van der Waals surface area contributed by atoms with Gasteiger partial charge in [-0.15, -0.1) is 0 Å². The molecule has 4 aliphatic rings. The number of amides is 1. The predicted octanol–water partition coefficient (Wildman–Crippen LogP) is 1.91. The lowest BCUT2D eigenvalue weighted by molar-refractivity contribution is -0.147. The standard InChI is InChI=1S/C28H35N3O7/c1-31(2)18-10-14(12-30-16-6-4-3-5-7-16)23(33)21-17(18)9-13-8-15-11-19(32)22(27(29)37)26(36)28(15,38)25(35)20(13)24(21)34/h10,13,15-16,30,33-34,36,38H,3-9,11-12H2,1-2H3,(H2,29,37). The summed E-state index contributed by atoms with van der Waals surface area (Å²) in [5.41, 5.74) is 3.93. The van der Waals surface area contributed by atoms with Gasteiger partial charge in [-0.3, -0.25) is 14.4 Å². The van der Waals surface area contributed by atoms with Crippen molar-refractivity contribution >= 4 is 28.9 Å². The normalized spacial score (nSPS) is 27.7. The first-order valence-electron chi connectivity index (χ1n) is 13.2. The third kappa shape index (κ3) is 3.89. The molecule has 204 valence electrons. The molecule has 0 radical (unpaired) electrons. The summed E-state index contributed by atoms with van der Waals surface area (Å²) in [6.45, 7) is 0.379. The van der Waals surface area contributed by atoms with Crippen molar-refractivity contribution in [1.29, 1.82) is 0 Å². The van der Waals surface area contributed by atoms with Crippen LogP contribution in [0, 0.1) is 11.8 Å². The number of carbonyl (C=O) groups excluding carboxylic acids is 3. The Morgan fingerprint density at radius 3 is 2.45 bits per heavy atom. The van der Waals surface area contributed by atoms with Gasteiger partial charge in [-0.1, -0.05) is 19.3 Å². The van der Waals surface area contributed by atoms with Crippen molar-refractivity contribution in [1.82, 2.24) is 5.32 Å². The summed E-state index contributed by atoms with van der Waals surface area (Å²) in [4.78, 5) is 40.0. The Kier molecular flexibility index (Phi) is 6.51. The van der Waals surface area contributed by atoms with Crippen molar-refractivity contribution in [2.75, 3.05) is 19.0 Å². The van der Waals surface area contributed by atoms with Gasteiger partial charge < -0.3 is 36.4 Å². The molecule has 2 saturated carbocycles. The van der Waals surface area contributed by atoms with Gasteiger partial charge in [-0.25, -0.2) is 0 Å². The molecule has 2 fully saturated rings. The molecular weight excluding hydrogens is 490 g/mol. The monoisotopic (exact) mass is 525 g/mol. The molecule has 7 N–H and O–H groups in total. The number of fused-ring (bicyclic) bond motifs is 3. The molecule has 3 atom stereocenters. The van der Waals surface area contributed by atoms with E-state index >= 15 is 0 Å². The molecule has 10 nitrogen and oxygen atoms in total. The fourth-order valence-corrected chi connectivity index (χ4v) is 6.82. The Labute approximate surface area is 220 Å². The van der Waals surface area contributed by atoms with Gasteiger partial charge in [-0.2, -0.15) is 0 Å². The van der Waals surface area contributed by atoms with Crippen molar-refractivity contribution in [2.24, 2.45) is 17.6 Å². The van der Waals surface area contributed by atoms with E-state index in [4.69, 9.17) is 5.73 Å². The zero-order valence-corrected chi connectivity index (χ0v) is 21.7. The Bertz CT molecular complexity index is 1290. The average Bonchev–Trinajstić information content (AvgIpc) is 2.86. The number of aliphatic hydroxyl groups excluding tert-OH is 2. The molecule has 4 aliphatic carbocycles. The number of phenolic OH excluding ortho intramolecular Hbond substituents is 1. The molecular formula is C28H35N3O7. The van der Waals surface area contributed by atoms with Crippen LogP contribution in [0.5, 0.6) is 5.75 Å². The van der Waals surface area contributed by atoms with E-state index in [0.717, 1.165) is 31.4 Å². The Morgan fingerprint density at radius 2 is 1.82 bits per heavy atom. The van der Waals surface area contributed by atoms with Gasteiger partial charge in [-0.05, 0) is 43.2 Å². The molecule has 1 aromatic rings. The van der Waals surface area contributed by atoms with Crippen molar-refractivity contribution in [2.45, 2.75) is 69.6 Å². The van der Waals surface area contributed by atoms with Crippen molar-refractivity contribution in [3.63, 3.8) is 0 Å². The number of phenols is 1. The minimum atomic E-state index is -2.56. The third-order valence-electron chi connectivity index (χ3n) is 8.79. The number of benzene rings is 1. The number of nitrogens with one attached hydrogen (secondary N) is 1. The fourth-order valence-electron chi connectivity index (χ4n) is 6.82. The van der Waals surface area contributed by atoms with Crippen molar-refractivity contribution in [3.8, 4) is 5.75 Å². The van der Waals surface area contributed by atoms with Crippen molar-refractivity contribution < 1.29 is 34.8 Å². The number of nitrogens with zero attached hydrogens (tertiary/aromatic N) is 1. The first-order chi connectivity index (χ1) is 18.0. The summed E-state index contributed by atoms with van der Waals surface area (Å²) in [5, 5.41) is 48.4. The van der Waals surface area contributed by atoms with E-state index in [9.17, 15) is 34.8 Å². The highest BCUT2D eigenvalue weighted by Gasteiger charge is 2.60. The van der Waals surface area contributed by atoms with Gasteiger partial charge in [0.1, 0.15) is 22.8 Å². The van der Waals surface area contributed by atoms with Crippen LogP contribution >= 0.6 is 0 Å². The number of Topliss-reactive ketones (excluding diaryl/α,β-unsaturated/α-hetero) is 2. The topological polar surface area (TPSA) is 173 Å². The summed E-state index contributed by atoms with van der Waals surface area (Å²) in [7, 11) is 3.72. The summed E-state index contributed by atoms with van der Waals surface area (Å²) < 4.78 is 0. The maximum atomic E-state index is 13.7. The van der Waals surface area contributed by atoms with Crippen LogP contribution in [0.3, 0.4) is 0 Å². The molecule has 10 heteroatoms. The molecule has 0 heterocycles. The van der Waals surface area contributed by atoms with Crippen LogP contribution in [0.4, 0.5) is 5.69 Å². The van der Waals surface area contributed by atoms with Crippen LogP contribution in [0.25, 0.3) is 5.76 Å².